The number of nitrogens with zero attached hydrogens (tertiary/aromatic N) is 1. The number of methoxy groups -OCH3 is 1. The van der Waals surface area contributed by atoms with Gasteiger partial charge in [-0.1, -0.05) is 37.1 Å². The second-order valence-electron chi connectivity index (χ2n) is 13.2. The van der Waals surface area contributed by atoms with Gasteiger partial charge in [0.25, 0.3) is 5.91 Å². The Kier molecular flexibility index (Phi) is 11.4. The lowest BCUT2D eigenvalue weighted by atomic mass is 10.0. The van der Waals surface area contributed by atoms with E-state index in [9.17, 15) is 27.6 Å². The van der Waals surface area contributed by atoms with Crippen LogP contribution in [0.3, 0.4) is 0 Å². The predicted molar refractivity (Wildman–Crippen MR) is 171 cm³/mol. The van der Waals surface area contributed by atoms with E-state index < -0.39 is 57.3 Å². The molecule has 4 atom stereocenters. The summed E-state index contributed by atoms with van der Waals surface area (Å²) in [4.78, 5) is 55.0. The van der Waals surface area contributed by atoms with Crippen LogP contribution in [0.5, 0.6) is 5.75 Å². The molecule has 254 valence electrons. The third-order valence-corrected chi connectivity index (χ3v) is 9.43. The highest BCUT2D eigenvalue weighted by Crippen LogP contribution is 2.45. The lowest BCUT2D eigenvalue weighted by Crippen LogP contribution is -2.59. The summed E-state index contributed by atoms with van der Waals surface area (Å²) in [5.41, 5.74) is -1.36. The van der Waals surface area contributed by atoms with E-state index in [-0.39, 0.29) is 18.9 Å². The number of nitrogens with one attached hydrogen (secondary N) is 4. The number of allylic oxidation sites excluding steroid dienone is 1. The molecule has 0 radical (unpaired) electrons. The summed E-state index contributed by atoms with van der Waals surface area (Å²) in [5, 5.41) is 5.52. The minimum absolute atomic E-state index is 0.0378. The summed E-state index contributed by atoms with van der Waals surface area (Å²) in [7, 11) is -2.69. The number of carbonyl (C=O) groups excluding carboxylic acids is 4. The summed E-state index contributed by atoms with van der Waals surface area (Å²) in [6.45, 7) is 5.56. The third-order valence-electron chi connectivity index (χ3n) is 8.39. The van der Waals surface area contributed by atoms with Crippen molar-refractivity contribution in [3.63, 3.8) is 0 Å². The molecule has 1 aromatic carbocycles. The average Bonchev–Trinajstić information content (AvgIpc) is 3.44. The number of ether oxygens (including phenoxy) is 2. The standard InChI is InChI=1S/C32H47N5O8S/c1-31(2,3)45-30(41)34-25-15-9-7-5-6-8-13-23-21-32(23,35-27(38)26-16-11-19-37(26)28(25)39)29(40)36-46(42,43)33-18-17-22-12-10-14-24(20-22)44-4/h8,10,12-14,20,23,25-26,33H,5-7,9,11,15-19,21H2,1-4H3,(H,34,41)(H,35,38)(H,36,40)/b13-8-/t23-,25+,26+,32-/m1/s1. The molecule has 14 heteroatoms. The molecule has 2 heterocycles. The lowest BCUT2D eigenvalue weighted by molar-refractivity contribution is -0.141. The zero-order valence-corrected chi connectivity index (χ0v) is 27.9. The van der Waals surface area contributed by atoms with Crippen LogP contribution in [0.2, 0.25) is 0 Å². The molecule has 1 saturated carbocycles. The van der Waals surface area contributed by atoms with E-state index in [4.69, 9.17) is 9.47 Å². The first kappa shape index (κ1) is 35.2. The van der Waals surface area contributed by atoms with E-state index in [1.54, 1.807) is 46.1 Å². The van der Waals surface area contributed by atoms with E-state index in [0.717, 1.165) is 18.4 Å². The highest BCUT2D eigenvalue weighted by Gasteiger charge is 2.61. The molecule has 0 unspecified atom stereocenters. The first-order valence-corrected chi connectivity index (χ1v) is 17.4. The van der Waals surface area contributed by atoms with Crippen molar-refractivity contribution in [2.24, 2.45) is 5.92 Å². The number of alkyl carbamates (subject to hydrolysis) is 1. The minimum Gasteiger partial charge on any atom is -0.497 e. The zero-order chi connectivity index (χ0) is 33.5. The third kappa shape index (κ3) is 9.44. The number of benzene rings is 1. The van der Waals surface area contributed by atoms with E-state index in [0.29, 0.717) is 50.8 Å². The fourth-order valence-corrected chi connectivity index (χ4v) is 6.82. The van der Waals surface area contributed by atoms with Gasteiger partial charge in [-0.25, -0.2) is 9.52 Å². The van der Waals surface area contributed by atoms with Gasteiger partial charge in [0.2, 0.25) is 11.8 Å². The number of hydrogen-bond donors (Lipinski definition) is 4. The van der Waals surface area contributed by atoms with Crippen LogP contribution in [0.1, 0.15) is 77.7 Å². The summed E-state index contributed by atoms with van der Waals surface area (Å²) >= 11 is 0. The van der Waals surface area contributed by atoms with Crippen LogP contribution in [-0.4, -0.2) is 80.6 Å². The van der Waals surface area contributed by atoms with Crippen molar-refractivity contribution in [2.75, 3.05) is 20.2 Å². The van der Waals surface area contributed by atoms with Gasteiger partial charge in [-0.3, -0.25) is 14.4 Å². The van der Waals surface area contributed by atoms with Crippen LogP contribution >= 0.6 is 0 Å². The molecule has 4 rings (SSSR count). The van der Waals surface area contributed by atoms with Crippen LogP contribution in [0.25, 0.3) is 0 Å². The smallest absolute Gasteiger partial charge is 0.408 e. The van der Waals surface area contributed by atoms with Crippen LogP contribution < -0.4 is 24.8 Å². The molecule has 3 aliphatic rings. The summed E-state index contributed by atoms with van der Waals surface area (Å²) in [6.07, 6.45) is 8.03. The Labute approximate surface area is 271 Å². The Morgan fingerprint density at radius 3 is 2.63 bits per heavy atom. The minimum atomic E-state index is -4.24. The lowest BCUT2D eigenvalue weighted by Gasteiger charge is -2.30. The Balaban J connectivity index is 1.46. The van der Waals surface area contributed by atoms with Crippen molar-refractivity contribution in [1.82, 2.24) is 25.0 Å². The average molecular weight is 662 g/mol. The van der Waals surface area contributed by atoms with Crippen LogP contribution in [0, 0.1) is 5.92 Å². The fourth-order valence-electron chi connectivity index (χ4n) is 5.95. The maximum absolute atomic E-state index is 13.7. The molecule has 2 fully saturated rings. The Hall–Kier alpha value is -3.65. The molecular formula is C32H47N5O8S. The number of fused-ring (bicyclic) bond motifs is 2. The Morgan fingerprint density at radius 1 is 1.11 bits per heavy atom. The second-order valence-corrected chi connectivity index (χ2v) is 14.7. The highest BCUT2D eigenvalue weighted by molar-refractivity contribution is 7.88. The van der Waals surface area contributed by atoms with E-state index in [1.165, 1.54) is 4.90 Å². The van der Waals surface area contributed by atoms with E-state index in [1.807, 2.05) is 18.2 Å². The Bertz CT molecular complexity index is 1430. The van der Waals surface area contributed by atoms with Gasteiger partial charge in [0, 0.05) is 19.0 Å². The largest absolute Gasteiger partial charge is 0.497 e. The van der Waals surface area contributed by atoms with Gasteiger partial charge in [-0.05, 0) is 83.4 Å². The molecule has 1 aliphatic carbocycles. The SMILES string of the molecule is COc1cccc(CCNS(=O)(=O)NC(=O)[C@@]23C[C@H]2/C=C\CCCCC[C@H](NC(=O)OC(C)(C)C)C(=O)N2CCC[C@H]2C(=O)N3)c1. The number of rotatable bonds is 8. The summed E-state index contributed by atoms with van der Waals surface area (Å²) in [6, 6.07) is 5.49. The zero-order valence-electron chi connectivity index (χ0n) is 27.1. The molecule has 0 aromatic heterocycles. The molecule has 0 bridgehead atoms. The molecule has 4 N–H and O–H groups in total. The fraction of sp³-hybridized carbons (Fsp3) is 0.625. The van der Waals surface area contributed by atoms with Crippen molar-refractivity contribution in [1.29, 1.82) is 0 Å². The van der Waals surface area contributed by atoms with Crippen molar-refractivity contribution in [3.05, 3.63) is 42.0 Å². The second kappa shape index (κ2) is 14.8. The van der Waals surface area contributed by atoms with E-state index in [2.05, 4.69) is 20.1 Å². The molecule has 1 saturated heterocycles. The molecule has 13 nitrogen and oxygen atoms in total. The first-order chi connectivity index (χ1) is 21.7. The Morgan fingerprint density at radius 2 is 1.89 bits per heavy atom. The van der Waals surface area contributed by atoms with Crippen LogP contribution in [-0.2, 0) is 35.8 Å². The van der Waals surface area contributed by atoms with Crippen molar-refractivity contribution in [3.8, 4) is 5.75 Å². The van der Waals surface area contributed by atoms with Gasteiger partial charge < -0.3 is 25.0 Å². The normalized spacial score (nSPS) is 26.3. The number of amides is 4. The number of hydrogen-bond acceptors (Lipinski definition) is 8. The van der Waals surface area contributed by atoms with Crippen molar-refractivity contribution >= 4 is 34.0 Å². The molecule has 0 spiro atoms. The van der Waals surface area contributed by atoms with Gasteiger partial charge in [0.15, 0.2) is 0 Å². The van der Waals surface area contributed by atoms with Gasteiger partial charge in [-0.2, -0.15) is 13.1 Å². The topological polar surface area (TPSA) is 172 Å². The maximum atomic E-state index is 13.7. The molecule has 1 aromatic rings. The summed E-state index contributed by atoms with van der Waals surface area (Å²) < 4.78 is 40.9. The van der Waals surface area contributed by atoms with Crippen LogP contribution in [0.4, 0.5) is 4.79 Å². The van der Waals surface area contributed by atoms with Gasteiger partial charge in [-0.15, -0.1) is 0 Å². The first-order valence-electron chi connectivity index (χ1n) is 16.0. The molecule has 2 aliphatic heterocycles. The molecule has 46 heavy (non-hydrogen) atoms. The highest BCUT2D eigenvalue weighted by atomic mass is 32.2. The maximum Gasteiger partial charge on any atom is 0.408 e. The summed E-state index contributed by atoms with van der Waals surface area (Å²) in [5.74, 6) is -1.51. The molecule has 4 amide bonds. The van der Waals surface area contributed by atoms with Gasteiger partial charge in [0.1, 0.15) is 29.0 Å². The monoisotopic (exact) mass is 661 g/mol. The van der Waals surface area contributed by atoms with Crippen molar-refractivity contribution < 1.29 is 37.1 Å². The molecular weight excluding hydrogens is 614 g/mol. The van der Waals surface area contributed by atoms with Gasteiger partial charge in [0.05, 0.1) is 7.11 Å². The van der Waals surface area contributed by atoms with Gasteiger partial charge >= 0.3 is 16.3 Å². The number of carbonyl (C=O) groups is 4. The van der Waals surface area contributed by atoms with E-state index >= 15 is 0 Å². The quantitative estimate of drug-likeness (QED) is 0.308. The van der Waals surface area contributed by atoms with Crippen LogP contribution in [0.15, 0.2) is 36.4 Å². The predicted octanol–water partition coefficient (Wildman–Crippen LogP) is 2.47. The van der Waals surface area contributed by atoms with Crippen molar-refractivity contribution in [2.45, 2.75) is 102 Å².